The van der Waals surface area contributed by atoms with Crippen molar-refractivity contribution in [2.45, 2.75) is 6.04 Å². The molecule has 1 unspecified atom stereocenters. The molecule has 2 N–H and O–H groups in total. The van der Waals surface area contributed by atoms with E-state index in [0.29, 0.717) is 6.54 Å². The Hall–Kier alpha value is -0.970. The Morgan fingerprint density at radius 3 is 2.47 bits per heavy atom. The zero-order valence-corrected chi connectivity index (χ0v) is 10.9. The molecule has 0 aliphatic heterocycles. The zero-order chi connectivity index (χ0) is 12.8. The van der Waals surface area contributed by atoms with Crippen LogP contribution >= 0.6 is 0 Å². The van der Waals surface area contributed by atoms with E-state index in [1.807, 2.05) is 27.2 Å². The van der Waals surface area contributed by atoms with Crippen molar-refractivity contribution in [2.24, 2.45) is 5.73 Å². The molecule has 96 valence electrons. The van der Waals surface area contributed by atoms with Crippen molar-refractivity contribution >= 4 is 0 Å². The topological polar surface area (TPSA) is 32.5 Å². The molecule has 4 heteroatoms. The van der Waals surface area contributed by atoms with E-state index in [1.165, 1.54) is 6.07 Å². The normalized spacial score (nSPS) is 13.4. The van der Waals surface area contributed by atoms with Crippen LogP contribution in [0.4, 0.5) is 4.39 Å². The number of hydrogen-bond donors (Lipinski definition) is 1. The molecule has 0 saturated carbocycles. The minimum Gasteiger partial charge on any atom is -0.329 e. The van der Waals surface area contributed by atoms with Gasteiger partial charge in [0.2, 0.25) is 0 Å². The monoisotopic (exact) mass is 239 g/mol. The Bertz CT molecular complexity index is 341. The van der Waals surface area contributed by atoms with Crippen LogP contribution in [0.15, 0.2) is 24.3 Å². The molecule has 17 heavy (non-hydrogen) atoms. The van der Waals surface area contributed by atoms with Gasteiger partial charge in [-0.2, -0.15) is 0 Å². The Labute approximate surface area is 103 Å². The van der Waals surface area contributed by atoms with Crippen molar-refractivity contribution in [3.05, 3.63) is 35.6 Å². The smallest absolute Gasteiger partial charge is 0.123 e. The van der Waals surface area contributed by atoms with Gasteiger partial charge in [-0.15, -0.1) is 0 Å². The highest BCUT2D eigenvalue weighted by molar-refractivity contribution is 5.20. The van der Waals surface area contributed by atoms with Crippen LogP contribution in [0.3, 0.4) is 0 Å². The SMILES string of the molecule is CN(C)CCN(C)C(CN)c1cccc(F)c1. The first kappa shape index (κ1) is 14.1. The number of benzene rings is 1. The van der Waals surface area contributed by atoms with Gasteiger partial charge in [-0.05, 0) is 38.8 Å². The van der Waals surface area contributed by atoms with Crippen LogP contribution < -0.4 is 5.73 Å². The summed E-state index contributed by atoms with van der Waals surface area (Å²) >= 11 is 0. The third-order valence-electron chi connectivity index (χ3n) is 2.89. The molecule has 0 amide bonds. The van der Waals surface area contributed by atoms with E-state index in [-0.39, 0.29) is 11.9 Å². The summed E-state index contributed by atoms with van der Waals surface area (Å²) in [6.07, 6.45) is 0. The van der Waals surface area contributed by atoms with E-state index in [4.69, 9.17) is 5.73 Å². The van der Waals surface area contributed by atoms with E-state index >= 15 is 0 Å². The van der Waals surface area contributed by atoms with Gasteiger partial charge < -0.3 is 10.6 Å². The van der Waals surface area contributed by atoms with Crippen molar-refractivity contribution in [2.75, 3.05) is 40.8 Å². The van der Waals surface area contributed by atoms with Crippen LogP contribution in [0.25, 0.3) is 0 Å². The predicted molar refractivity (Wildman–Crippen MR) is 69.4 cm³/mol. The Morgan fingerprint density at radius 1 is 1.24 bits per heavy atom. The molecule has 1 aromatic rings. The van der Waals surface area contributed by atoms with Crippen molar-refractivity contribution in [3.8, 4) is 0 Å². The minimum atomic E-state index is -0.207. The Balaban J connectivity index is 2.70. The van der Waals surface area contributed by atoms with Gasteiger partial charge in [0.1, 0.15) is 5.82 Å². The number of likely N-dealkylation sites (N-methyl/N-ethyl adjacent to an activating group) is 2. The first-order valence-electron chi connectivity index (χ1n) is 5.85. The van der Waals surface area contributed by atoms with Gasteiger partial charge in [0.05, 0.1) is 0 Å². The summed E-state index contributed by atoms with van der Waals surface area (Å²) in [6.45, 7) is 2.36. The molecular formula is C13H22FN3. The Morgan fingerprint density at radius 2 is 1.94 bits per heavy atom. The summed E-state index contributed by atoms with van der Waals surface area (Å²) in [5, 5.41) is 0. The third kappa shape index (κ3) is 4.42. The molecule has 1 atom stereocenters. The van der Waals surface area contributed by atoms with E-state index in [2.05, 4.69) is 9.80 Å². The fourth-order valence-electron chi connectivity index (χ4n) is 1.80. The summed E-state index contributed by atoms with van der Waals surface area (Å²) in [5.74, 6) is -0.207. The fraction of sp³-hybridized carbons (Fsp3) is 0.538. The van der Waals surface area contributed by atoms with Gasteiger partial charge in [-0.1, -0.05) is 12.1 Å². The maximum atomic E-state index is 13.2. The summed E-state index contributed by atoms with van der Waals surface area (Å²) in [4.78, 5) is 4.28. The van der Waals surface area contributed by atoms with Crippen molar-refractivity contribution in [3.63, 3.8) is 0 Å². The van der Waals surface area contributed by atoms with E-state index in [1.54, 1.807) is 12.1 Å². The predicted octanol–water partition coefficient (Wildman–Crippen LogP) is 1.32. The number of hydrogen-bond acceptors (Lipinski definition) is 3. The number of nitrogens with two attached hydrogens (primary N) is 1. The molecule has 1 rings (SSSR count). The average molecular weight is 239 g/mol. The van der Waals surface area contributed by atoms with E-state index < -0.39 is 0 Å². The van der Waals surface area contributed by atoms with Crippen LogP contribution in [0.1, 0.15) is 11.6 Å². The quantitative estimate of drug-likeness (QED) is 0.812. The molecule has 0 radical (unpaired) electrons. The summed E-state index contributed by atoms with van der Waals surface area (Å²) in [5.41, 5.74) is 6.72. The highest BCUT2D eigenvalue weighted by Gasteiger charge is 2.15. The second-order valence-electron chi connectivity index (χ2n) is 4.59. The van der Waals surface area contributed by atoms with E-state index in [9.17, 15) is 4.39 Å². The van der Waals surface area contributed by atoms with Gasteiger partial charge in [0.25, 0.3) is 0 Å². The molecule has 0 bridgehead atoms. The maximum absolute atomic E-state index is 13.2. The lowest BCUT2D eigenvalue weighted by atomic mass is 10.1. The molecule has 0 aromatic heterocycles. The third-order valence-corrected chi connectivity index (χ3v) is 2.89. The van der Waals surface area contributed by atoms with Crippen LogP contribution in [-0.4, -0.2) is 50.6 Å². The molecule has 1 aromatic carbocycles. The van der Waals surface area contributed by atoms with Gasteiger partial charge in [-0.25, -0.2) is 4.39 Å². The molecule has 0 aliphatic carbocycles. The molecule has 3 nitrogen and oxygen atoms in total. The lowest BCUT2D eigenvalue weighted by Gasteiger charge is -2.28. The number of rotatable bonds is 6. The minimum absolute atomic E-state index is 0.0747. The Kier molecular flexibility index (Phi) is 5.55. The standard InChI is InChI=1S/C13H22FN3/c1-16(2)7-8-17(3)13(10-15)11-5-4-6-12(14)9-11/h4-6,9,13H,7-8,10,15H2,1-3H3. The van der Waals surface area contributed by atoms with E-state index in [0.717, 1.165) is 18.7 Å². The largest absolute Gasteiger partial charge is 0.329 e. The van der Waals surface area contributed by atoms with Crippen molar-refractivity contribution < 1.29 is 4.39 Å². The lowest BCUT2D eigenvalue weighted by Crippen LogP contribution is -2.35. The molecule has 0 spiro atoms. The van der Waals surface area contributed by atoms with Crippen molar-refractivity contribution in [1.82, 2.24) is 9.80 Å². The van der Waals surface area contributed by atoms with Crippen LogP contribution in [-0.2, 0) is 0 Å². The number of halogens is 1. The van der Waals surface area contributed by atoms with Crippen LogP contribution in [0, 0.1) is 5.82 Å². The summed E-state index contributed by atoms with van der Waals surface area (Å²) in [6, 6.07) is 6.74. The first-order chi connectivity index (χ1) is 8.04. The van der Waals surface area contributed by atoms with Crippen LogP contribution in [0.2, 0.25) is 0 Å². The molecule has 0 saturated heterocycles. The molecular weight excluding hydrogens is 217 g/mol. The highest BCUT2D eigenvalue weighted by Crippen LogP contribution is 2.18. The lowest BCUT2D eigenvalue weighted by molar-refractivity contribution is 0.222. The van der Waals surface area contributed by atoms with Gasteiger partial charge in [-0.3, -0.25) is 4.90 Å². The van der Waals surface area contributed by atoms with Gasteiger partial charge in [0.15, 0.2) is 0 Å². The first-order valence-corrected chi connectivity index (χ1v) is 5.85. The molecule has 0 aliphatic rings. The second-order valence-corrected chi connectivity index (χ2v) is 4.59. The van der Waals surface area contributed by atoms with Gasteiger partial charge in [0, 0.05) is 25.7 Å². The summed E-state index contributed by atoms with van der Waals surface area (Å²) in [7, 11) is 6.09. The summed E-state index contributed by atoms with van der Waals surface area (Å²) < 4.78 is 13.2. The second kappa shape index (κ2) is 6.69. The van der Waals surface area contributed by atoms with Crippen molar-refractivity contribution in [1.29, 1.82) is 0 Å². The van der Waals surface area contributed by atoms with Gasteiger partial charge >= 0.3 is 0 Å². The molecule has 0 heterocycles. The number of nitrogens with zero attached hydrogens (tertiary/aromatic N) is 2. The molecule has 0 fully saturated rings. The fourth-order valence-corrected chi connectivity index (χ4v) is 1.80. The average Bonchev–Trinajstić information content (AvgIpc) is 2.27. The highest BCUT2D eigenvalue weighted by atomic mass is 19.1. The maximum Gasteiger partial charge on any atom is 0.123 e. The van der Waals surface area contributed by atoms with Crippen LogP contribution in [0.5, 0.6) is 0 Å². The zero-order valence-electron chi connectivity index (χ0n) is 10.9.